The summed E-state index contributed by atoms with van der Waals surface area (Å²) < 4.78 is 9.90. The summed E-state index contributed by atoms with van der Waals surface area (Å²) >= 11 is 0. The maximum absolute atomic E-state index is 12.7. The van der Waals surface area contributed by atoms with Crippen molar-refractivity contribution in [1.29, 1.82) is 0 Å². The molecule has 0 N–H and O–H groups in total. The Hall–Kier alpha value is -2.70. The van der Waals surface area contributed by atoms with Crippen LogP contribution in [0, 0.1) is 5.92 Å². The smallest absolute Gasteiger partial charge is 0.337 e. The van der Waals surface area contributed by atoms with E-state index in [0.717, 1.165) is 0 Å². The Kier molecular flexibility index (Phi) is 6.27. The fraction of sp³-hybridized carbons (Fsp3) is 0.444. The number of benzene rings is 1. The normalized spacial score (nSPS) is 10.8. The molecule has 0 saturated heterocycles. The quantitative estimate of drug-likeness (QED) is 0.717. The number of rotatable bonds is 7. The first-order valence-corrected chi connectivity index (χ1v) is 8.23. The van der Waals surface area contributed by atoms with Crippen molar-refractivity contribution in [2.24, 2.45) is 5.92 Å². The molecule has 25 heavy (non-hydrogen) atoms. The number of amides is 1. The number of carbonyl (C=O) groups is 2. The molecule has 0 saturated carbocycles. The second-order valence-electron chi connectivity index (χ2n) is 6.09. The van der Waals surface area contributed by atoms with Crippen LogP contribution < -0.4 is 0 Å². The van der Waals surface area contributed by atoms with Gasteiger partial charge in [0.15, 0.2) is 5.82 Å². The predicted octanol–water partition coefficient (Wildman–Crippen LogP) is 2.72. The van der Waals surface area contributed by atoms with Crippen molar-refractivity contribution in [1.82, 2.24) is 15.0 Å². The van der Waals surface area contributed by atoms with E-state index in [1.54, 1.807) is 23.1 Å². The molecule has 7 nitrogen and oxygen atoms in total. The molecule has 7 heteroatoms. The summed E-state index contributed by atoms with van der Waals surface area (Å²) in [6, 6.07) is 6.45. The fourth-order valence-corrected chi connectivity index (χ4v) is 2.36. The van der Waals surface area contributed by atoms with E-state index in [2.05, 4.69) is 24.0 Å². The summed E-state index contributed by atoms with van der Waals surface area (Å²) in [5, 5.41) is 3.94. The van der Waals surface area contributed by atoms with E-state index in [1.165, 1.54) is 13.2 Å². The highest BCUT2D eigenvalue weighted by molar-refractivity contribution is 5.97. The number of aromatic nitrogens is 2. The Morgan fingerprint density at radius 2 is 2.00 bits per heavy atom. The van der Waals surface area contributed by atoms with Crippen LogP contribution in [0.3, 0.4) is 0 Å². The molecule has 0 aliphatic carbocycles. The van der Waals surface area contributed by atoms with Gasteiger partial charge in [-0.3, -0.25) is 4.79 Å². The Morgan fingerprint density at radius 3 is 2.64 bits per heavy atom. The number of ether oxygens (including phenoxy) is 1. The third-order valence-electron chi connectivity index (χ3n) is 3.62. The lowest BCUT2D eigenvalue weighted by atomic mass is 10.1. The van der Waals surface area contributed by atoms with Gasteiger partial charge >= 0.3 is 5.97 Å². The summed E-state index contributed by atoms with van der Waals surface area (Å²) in [5.74, 6) is 0.770. The van der Waals surface area contributed by atoms with Gasteiger partial charge in [-0.25, -0.2) is 4.79 Å². The van der Waals surface area contributed by atoms with Crippen LogP contribution in [0.4, 0.5) is 0 Å². The van der Waals surface area contributed by atoms with Gasteiger partial charge in [-0.1, -0.05) is 25.1 Å². The second-order valence-corrected chi connectivity index (χ2v) is 6.09. The first kappa shape index (κ1) is 18.6. The summed E-state index contributed by atoms with van der Waals surface area (Å²) in [5.41, 5.74) is 0.749. The van der Waals surface area contributed by atoms with E-state index in [9.17, 15) is 9.59 Å². The minimum atomic E-state index is -0.478. The number of carbonyl (C=O) groups excluding carboxylic acids is 2. The zero-order valence-corrected chi connectivity index (χ0v) is 15.0. The van der Waals surface area contributed by atoms with Crippen molar-refractivity contribution in [2.75, 3.05) is 13.7 Å². The summed E-state index contributed by atoms with van der Waals surface area (Å²) in [6.07, 6.45) is 0.703. The van der Waals surface area contributed by atoms with Gasteiger partial charge < -0.3 is 14.2 Å². The summed E-state index contributed by atoms with van der Waals surface area (Å²) in [4.78, 5) is 30.3. The second kappa shape index (κ2) is 8.41. The van der Waals surface area contributed by atoms with Crippen molar-refractivity contribution < 1.29 is 18.8 Å². The Bertz CT molecular complexity index is 739. The number of esters is 1. The number of nitrogens with zero attached hydrogens (tertiary/aromatic N) is 3. The molecule has 0 spiro atoms. The minimum absolute atomic E-state index is 0.205. The van der Waals surface area contributed by atoms with Crippen LogP contribution in [0.15, 0.2) is 28.8 Å². The zero-order valence-electron chi connectivity index (χ0n) is 15.0. The van der Waals surface area contributed by atoms with E-state index in [1.807, 2.05) is 6.92 Å². The van der Waals surface area contributed by atoms with E-state index in [-0.39, 0.29) is 12.5 Å². The SMILES string of the molecule is CCN(Cc1noc(CC(C)C)n1)C(=O)c1cccc(C(=O)OC)c1. The average Bonchev–Trinajstić information content (AvgIpc) is 3.04. The molecule has 0 atom stereocenters. The molecular formula is C18H23N3O4. The van der Waals surface area contributed by atoms with Crippen LogP contribution in [0.5, 0.6) is 0 Å². The third kappa shape index (κ3) is 4.89. The fourth-order valence-electron chi connectivity index (χ4n) is 2.36. The van der Waals surface area contributed by atoms with Gasteiger partial charge in [-0.2, -0.15) is 4.98 Å². The van der Waals surface area contributed by atoms with Crippen LogP contribution >= 0.6 is 0 Å². The molecule has 1 aromatic carbocycles. The van der Waals surface area contributed by atoms with E-state index < -0.39 is 5.97 Å². The van der Waals surface area contributed by atoms with Gasteiger partial charge in [-0.15, -0.1) is 0 Å². The Morgan fingerprint density at radius 1 is 1.28 bits per heavy atom. The monoisotopic (exact) mass is 345 g/mol. The van der Waals surface area contributed by atoms with Crippen LogP contribution in [-0.2, 0) is 17.7 Å². The highest BCUT2D eigenvalue weighted by atomic mass is 16.5. The lowest BCUT2D eigenvalue weighted by Crippen LogP contribution is -2.31. The highest BCUT2D eigenvalue weighted by Crippen LogP contribution is 2.12. The van der Waals surface area contributed by atoms with Crippen molar-refractivity contribution in [3.05, 3.63) is 47.1 Å². The standard InChI is InChI=1S/C18H23N3O4/c1-5-21(11-15-19-16(25-20-15)9-12(2)3)17(22)13-7-6-8-14(10-13)18(23)24-4/h6-8,10,12H,5,9,11H2,1-4H3. The van der Waals surface area contributed by atoms with Crippen LogP contribution in [0.1, 0.15) is 53.2 Å². The molecule has 1 amide bonds. The topological polar surface area (TPSA) is 85.5 Å². The molecule has 0 aliphatic heterocycles. The van der Waals surface area contributed by atoms with Gasteiger partial charge in [0.05, 0.1) is 19.2 Å². The molecule has 134 valence electrons. The van der Waals surface area contributed by atoms with Gasteiger partial charge in [0, 0.05) is 18.5 Å². The van der Waals surface area contributed by atoms with Crippen LogP contribution in [0.2, 0.25) is 0 Å². The summed E-state index contributed by atoms with van der Waals surface area (Å²) in [6.45, 7) is 6.74. The van der Waals surface area contributed by atoms with Crippen LogP contribution in [0.25, 0.3) is 0 Å². The first-order valence-electron chi connectivity index (χ1n) is 8.23. The van der Waals surface area contributed by atoms with Crippen molar-refractivity contribution in [2.45, 2.75) is 33.7 Å². The van der Waals surface area contributed by atoms with Gasteiger partial charge in [-0.05, 0) is 31.0 Å². The molecule has 1 aromatic heterocycles. The van der Waals surface area contributed by atoms with Crippen LogP contribution in [-0.4, -0.2) is 40.6 Å². The van der Waals surface area contributed by atoms with E-state index >= 15 is 0 Å². The van der Waals surface area contributed by atoms with Gasteiger partial charge in [0.25, 0.3) is 5.91 Å². The minimum Gasteiger partial charge on any atom is -0.465 e. The average molecular weight is 345 g/mol. The molecular weight excluding hydrogens is 322 g/mol. The maximum atomic E-state index is 12.7. The number of hydrogen-bond acceptors (Lipinski definition) is 6. The first-order chi connectivity index (χ1) is 11.9. The number of methoxy groups -OCH3 is 1. The Labute approximate surface area is 147 Å². The molecule has 0 radical (unpaired) electrons. The molecule has 0 unspecified atom stereocenters. The van der Waals surface area contributed by atoms with Gasteiger partial charge in [0.1, 0.15) is 0 Å². The predicted molar refractivity (Wildman–Crippen MR) is 91.0 cm³/mol. The molecule has 2 aromatic rings. The molecule has 0 bridgehead atoms. The lowest BCUT2D eigenvalue weighted by Gasteiger charge is -2.19. The van der Waals surface area contributed by atoms with Crippen molar-refractivity contribution >= 4 is 11.9 Å². The molecule has 2 rings (SSSR count). The van der Waals surface area contributed by atoms with Crippen molar-refractivity contribution in [3.8, 4) is 0 Å². The lowest BCUT2D eigenvalue weighted by molar-refractivity contribution is 0.0600. The molecule has 1 heterocycles. The molecule has 0 aliphatic rings. The zero-order chi connectivity index (χ0) is 18.4. The van der Waals surface area contributed by atoms with Gasteiger partial charge in [0.2, 0.25) is 5.89 Å². The Balaban J connectivity index is 2.13. The number of hydrogen-bond donors (Lipinski definition) is 0. The largest absolute Gasteiger partial charge is 0.465 e. The summed E-state index contributed by atoms with van der Waals surface area (Å²) in [7, 11) is 1.31. The third-order valence-corrected chi connectivity index (χ3v) is 3.62. The molecule has 0 fully saturated rings. The van der Waals surface area contributed by atoms with E-state index in [0.29, 0.717) is 41.7 Å². The highest BCUT2D eigenvalue weighted by Gasteiger charge is 2.19. The van der Waals surface area contributed by atoms with E-state index in [4.69, 9.17) is 9.26 Å². The maximum Gasteiger partial charge on any atom is 0.337 e. The van der Waals surface area contributed by atoms with Crippen molar-refractivity contribution in [3.63, 3.8) is 0 Å².